The number of phenolic OH excluding ortho intramolecular Hbond substituents is 2. The van der Waals surface area contributed by atoms with Crippen LogP contribution >= 0.6 is 0 Å². The van der Waals surface area contributed by atoms with Crippen molar-refractivity contribution in [1.82, 2.24) is 0 Å². The van der Waals surface area contributed by atoms with Crippen LogP contribution in [-0.2, 0) is 0 Å². The van der Waals surface area contributed by atoms with Crippen molar-refractivity contribution in [2.24, 2.45) is 0 Å². The molecule has 2 nitrogen and oxygen atoms in total. The molecular formula is C22H22O2. The Labute approximate surface area is 143 Å². The molecule has 2 N–H and O–H groups in total. The lowest BCUT2D eigenvalue weighted by Gasteiger charge is -2.18. The van der Waals surface area contributed by atoms with Crippen LogP contribution in [0.3, 0.4) is 0 Å². The zero-order valence-corrected chi connectivity index (χ0v) is 14.5. The number of hydrogen-bond donors (Lipinski definition) is 2. The third kappa shape index (κ3) is 2.54. The molecule has 0 aliphatic rings. The molecule has 0 saturated carbocycles. The van der Waals surface area contributed by atoms with Crippen LogP contribution in [0.2, 0.25) is 0 Å². The minimum absolute atomic E-state index is 0.0971. The van der Waals surface area contributed by atoms with E-state index in [1.165, 1.54) is 0 Å². The Bertz CT molecular complexity index is 883. The fraction of sp³-hybridized carbons (Fsp3) is 0.182. The van der Waals surface area contributed by atoms with Crippen molar-refractivity contribution in [1.29, 1.82) is 0 Å². The van der Waals surface area contributed by atoms with Crippen molar-refractivity contribution in [3.8, 4) is 33.8 Å². The first kappa shape index (κ1) is 16.1. The minimum atomic E-state index is 0.0971. The molecule has 0 saturated heterocycles. The zero-order chi connectivity index (χ0) is 17.4. The molecule has 0 aliphatic carbocycles. The highest BCUT2D eigenvalue weighted by molar-refractivity contribution is 5.89. The van der Waals surface area contributed by atoms with E-state index in [1.54, 1.807) is 12.1 Å². The highest BCUT2D eigenvalue weighted by Crippen LogP contribution is 2.46. The molecule has 0 unspecified atom stereocenters. The second-order valence-electron chi connectivity index (χ2n) is 6.39. The number of phenols is 2. The van der Waals surface area contributed by atoms with Crippen molar-refractivity contribution in [2.45, 2.75) is 27.7 Å². The van der Waals surface area contributed by atoms with Gasteiger partial charge in [-0.3, -0.25) is 0 Å². The van der Waals surface area contributed by atoms with Gasteiger partial charge in [-0.1, -0.05) is 36.4 Å². The summed E-state index contributed by atoms with van der Waals surface area (Å²) in [6.45, 7) is 8.06. The normalized spacial score (nSPS) is 10.8. The quantitative estimate of drug-likeness (QED) is 0.639. The Balaban J connectivity index is 2.35. The molecule has 0 aromatic heterocycles. The fourth-order valence-electron chi connectivity index (χ4n) is 3.48. The van der Waals surface area contributed by atoms with E-state index < -0.39 is 0 Å². The molecule has 2 heteroatoms. The minimum Gasteiger partial charge on any atom is -0.507 e. The number of rotatable bonds is 2. The Morgan fingerprint density at radius 3 is 1.50 bits per heavy atom. The van der Waals surface area contributed by atoms with E-state index in [9.17, 15) is 10.2 Å². The standard InChI is InChI=1S/C22H22O2/c1-13-7-5-8-14(2)19(13)17-11-12-18(23)21(22(17)24)20-15(3)9-6-10-16(20)4/h5-12,23-24H,1-4H3. The fourth-order valence-corrected chi connectivity index (χ4v) is 3.48. The molecule has 3 aromatic carbocycles. The SMILES string of the molecule is Cc1cccc(C)c1-c1ccc(O)c(-c2c(C)cccc2C)c1O. The number of hydrogen-bond acceptors (Lipinski definition) is 2. The smallest absolute Gasteiger partial charge is 0.134 e. The van der Waals surface area contributed by atoms with Crippen molar-refractivity contribution in [3.63, 3.8) is 0 Å². The van der Waals surface area contributed by atoms with Crippen LogP contribution in [0, 0.1) is 27.7 Å². The predicted octanol–water partition coefficient (Wildman–Crippen LogP) is 5.67. The topological polar surface area (TPSA) is 40.5 Å². The average Bonchev–Trinajstić information content (AvgIpc) is 2.52. The van der Waals surface area contributed by atoms with Crippen molar-refractivity contribution in [3.05, 3.63) is 70.8 Å². The third-order valence-electron chi connectivity index (χ3n) is 4.64. The van der Waals surface area contributed by atoms with Gasteiger partial charge in [0.25, 0.3) is 0 Å². The van der Waals surface area contributed by atoms with Crippen molar-refractivity contribution in [2.75, 3.05) is 0 Å². The first-order valence-corrected chi connectivity index (χ1v) is 8.10. The lowest BCUT2D eigenvalue weighted by atomic mass is 9.89. The van der Waals surface area contributed by atoms with Crippen LogP contribution in [0.1, 0.15) is 22.3 Å². The van der Waals surface area contributed by atoms with Gasteiger partial charge in [0.2, 0.25) is 0 Å². The molecule has 0 atom stereocenters. The summed E-state index contributed by atoms with van der Waals surface area (Å²) in [5, 5.41) is 21.5. The van der Waals surface area contributed by atoms with Gasteiger partial charge < -0.3 is 10.2 Å². The summed E-state index contributed by atoms with van der Waals surface area (Å²) in [7, 11) is 0. The predicted molar refractivity (Wildman–Crippen MR) is 99.6 cm³/mol. The first-order valence-electron chi connectivity index (χ1n) is 8.10. The maximum atomic E-state index is 11.0. The van der Waals surface area contributed by atoms with E-state index in [0.29, 0.717) is 5.56 Å². The lowest BCUT2D eigenvalue weighted by molar-refractivity contribution is 0.455. The summed E-state index contributed by atoms with van der Waals surface area (Å²) in [5.74, 6) is 0.227. The Kier molecular flexibility index (Phi) is 4.06. The summed E-state index contributed by atoms with van der Waals surface area (Å²) in [4.78, 5) is 0. The van der Waals surface area contributed by atoms with Crippen LogP contribution in [0.25, 0.3) is 22.3 Å². The average molecular weight is 318 g/mol. The molecule has 0 radical (unpaired) electrons. The maximum Gasteiger partial charge on any atom is 0.134 e. The highest BCUT2D eigenvalue weighted by Gasteiger charge is 2.20. The molecule has 3 rings (SSSR count). The number of benzene rings is 3. The van der Waals surface area contributed by atoms with Crippen LogP contribution in [0.4, 0.5) is 0 Å². The van der Waals surface area contributed by atoms with E-state index in [4.69, 9.17) is 0 Å². The van der Waals surface area contributed by atoms with Gasteiger partial charge in [-0.25, -0.2) is 0 Å². The Morgan fingerprint density at radius 1 is 0.542 bits per heavy atom. The molecule has 0 bridgehead atoms. The molecule has 0 heterocycles. The van der Waals surface area contributed by atoms with Gasteiger partial charge in [-0.05, 0) is 73.2 Å². The van der Waals surface area contributed by atoms with E-state index in [-0.39, 0.29) is 11.5 Å². The largest absolute Gasteiger partial charge is 0.507 e. The summed E-state index contributed by atoms with van der Waals surface area (Å²) in [6, 6.07) is 15.5. The number of aromatic hydroxyl groups is 2. The molecule has 0 aliphatic heterocycles. The third-order valence-corrected chi connectivity index (χ3v) is 4.64. The molecule has 0 spiro atoms. The molecule has 24 heavy (non-hydrogen) atoms. The molecule has 122 valence electrons. The van der Waals surface area contributed by atoms with Gasteiger partial charge >= 0.3 is 0 Å². The van der Waals surface area contributed by atoms with E-state index in [2.05, 4.69) is 0 Å². The monoisotopic (exact) mass is 318 g/mol. The van der Waals surface area contributed by atoms with Gasteiger partial charge in [-0.2, -0.15) is 0 Å². The van der Waals surface area contributed by atoms with Crippen molar-refractivity contribution < 1.29 is 10.2 Å². The van der Waals surface area contributed by atoms with E-state index in [0.717, 1.165) is 38.9 Å². The van der Waals surface area contributed by atoms with E-state index >= 15 is 0 Å². The first-order chi connectivity index (χ1) is 11.4. The van der Waals surface area contributed by atoms with Gasteiger partial charge in [0.05, 0.1) is 5.56 Å². The maximum absolute atomic E-state index is 11.0. The van der Waals surface area contributed by atoms with Gasteiger partial charge in [0.1, 0.15) is 11.5 Å². The zero-order valence-electron chi connectivity index (χ0n) is 14.5. The summed E-state index contributed by atoms with van der Waals surface area (Å²) in [6.07, 6.45) is 0. The number of aryl methyl sites for hydroxylation is 4. The van der Waals surface area contributed by atoms with E-state index in [1.807, 2.05) is 64.1 Å². The Hall–Kier alpha value is -2.74. The lowest BCUT2D eigenvalue weighted by Crippen LogP contribution is -1.93. The van der Waals surface area contributed by atoms with Crippen LogP contribution in [0.15, 0.2) is 48.5 Å². The molecule has 0 amide bonds. The van der Waals surface area contributed by atoms with Crippen LogP contribution in [0.5, 0.6) is 11.5 Å². The molecule has 3 aromatic rings. The summed E-state index contributed by atoms with van der Waals surface area (Å²) < 4.78 is 0. The van der Waals surface area contributed by atoms with Gasteiger partial charge in [0.15, 0.2) is 0 Å². The van der Waals surface area contributed by atoms with Crippen molar-refractivity contribution >= 4 is 0 Å². The second-order valence-corrected chi connectivity index (χ2v) is 6.39. The Morgan fingerprint density at radius 2 is 1.00 bits per heavy atom. The van der Waals surface area contributed by atoms with Gasteiger partial charge in [-0.15, -0.1) is 0 Å². The van der Waals surface area contributed by atoms with Crippen LogP contribution in [-0.4, -0.2) is 10.2 Å². The summed E-state index contributed by atoms with van der Waals surface area (Å²) >= 11 is 0. The van der Waals surface area contributed by atoms with Crippen LogP contribution < -0.4 is 0 Å². The second kappa shape index (κ2) is 6.04. The summed E-state index contributed by atoms with van der Waals surface area (Å²) in [5.41, 5.74) is 7.42. The molecular weight excluding hydrogens is 296 g/mol. The highest BCUT2D eigenvalue weighted by atomic mass is 16.3. The molecule has 0 fully saturated rings. The van der Waals surface area contributed by atoms with Gasteiger partial charge in [0, 0.05) is 5.56 Å².